The van der Waals surface area contributed by atoms with Gasteiger partial charge in [-0.25, -0.2) is 0 Å². The monoisotopic (exact) mass is 317 g/mol. The van der Waals surface area contributed by atoms with Crippen molar-refractivity contribution in [2.45, 2.75) is 13.5 Å². The van der Waals surface area contributed by atoms with Gasteiger partial charge < -0.3 is 5.11 Å². The van der Waals surface area contributed by atoms with Crippen molar-refractivity contribution >= 4 is 27.8 Å². The quantitative estimate of drug-likeness (QED) is 0.626. The van der Waals surface area contributed by atoms with E-state index in [2.05, 4.69) is 10.1 Å². The number of hydrogen-bond donors (Lipinski definition) is 1. The summed E-state index contributed by atoms with van der Waals surface area (Å²) in [6.45, 7) is 1.85. The number of nitrogens with zero attached hydrogens (tertiary/aromatic N) is 3. The van der Waals surface area contributed by atoms with Crippen LogP contribution in [0.4, 0.5) is 0 Å². The van der Waals surface area contributed by atoms with Crippen LogP contribution in [0.1, 0.15) is 5.56 Å². The number of carboxylic acid groups (broad SMARTS) is 1. The molecular formula is C19H15N3O2. The molecule has 0 aliphatic carbocycles. The molecule has 0 aliphatic heterocycles. The molecule has 2 heterocycles. The number of para-hydroxylation sites is 1. The third-order valence-electron chi connectivity index (χ3n) is 4.10. The molecule has 0 bridgehead atoms. The second-order valence-corrected chi connectivity index (χ2v) is 5.80. The molecule has 0 aliphatic rings. The number of aryl methyl sites for hydroxylation is 1. The molecule has 5 nitrogen and oxygen atoms in total. The lowest BCUT2D eigenvalue weighted by atomic mass is 10.0. The largest absolute Gasteiger partial charge is 0.480 e. The Bertz CT molecular complexity index is 1080. The van der Waals surface area contributed by atoms with Gasteiger partial charge in [0.15, 0.2) is 0 Å². The number of aromatic nitrogens is 3. The lowest BCUT2D eigenvalue weighted by molar-refractivity contribution is -0.137. The Morgan fingerprint density at radius 2 is 1.96 bits per heavy atom. The number of carboxylic acids is 1. The number of carbonyl (C=O) groups is 1. The van der Waals surface area contributed by atoms with Crippen molar-refractivity contribution in [1.29, 1.82) is 0 Å². The van der Waals surface area contributed by atoms with Gasteiger partial charge in [0.25, 0.3) is 0 Å². The van der Waals surface area contributed by atoms with Crippen LogP contribution >= 0.6 is 0 Å². The van der Waals surface area contributed by atoms with E-state index in [-0.39, 0.29) is 6.54 Å². The topological polar surface area (TPSA) is 68.0 Å². The van der Waals surface area contributed by atoms with Crippen LogP contribution in [-0.2, 0) is 11.3 Å². The van der Waals surface area contributed by atoms with Gasteiger partial charge in [-0.1, -0.05) is 29.8 Å². The third-order valence-corrected chi connectivity index (χ3v) is 4.10. The van der Waals surface area contributed by atoms with E-state index in [1.807, 2.05) is 55.5 Å². The van der Waals surface area contributed by atoms with Crippen molar-refractivity contribution in [3.05, 3.63) is 60.3 Å². The first kappa shape index (κ1) is 14.4. The molecular weight excluding hydrogens is 302 g/mol. The van der Waals surface area contributed by atoms with E-state index < -0.39 is 5.97 Å². The number of benzene rings is 2. The summed E-state index contributed by atoms with van der Waals surface area (Å²) in [5.74, 6) is -0.911. The molecule has 0 spiro atoms. The molecule has 0 radical (unpaired) electrons. The number of pyridine rings is 1. The van der Waals surface area contributed by atoms with Gasteiger partial charge in [-0.05, 0) is 31.2 Å². The minimum Gasteiger partial charge on any atom is -0.480 e. The molecule has 0 fully saturated rings. The number of rotatable bonds is 3. The van der Waals surface area contributed by atoms with E-state index in [0.717, 1.165) is 38.6 Å². The third kappa shape index (κ3) is 2.31. The highest BCUT2D eigenvalue weighted by molar-refractivity contribution is 6.02. The molecule has 0 saturated heterocycles. The Balaban J connectivity index is 2.05. The van der Waals surface area contributed by atoms with Crippen LogP contribution in [0.5, 0.6) is 0 Å². The maximum atomic E-state index is 11.2. The fourth-order valence-corrected chi connectivity index (χ4v) is 3.04. The van der Waals surface area contributed by atoms with Gasteiger partial charge in [-0.3, -0.25) is 14.5 Å². The van der Waals surface area contributed by atoms with Crippen LogP contribution in [0, 0.1) is 6.92 Å². The summed E-state index contributed by atoms with van der Waals surface area (Å²) in [6, 6.07) is 15.8. The smallest absolute Gasteiger partial charge is 0.325 e. The lowest BCUT2D eigenvalue weighted by Crippen LogP contribution is -2.09. The van der Waals surface area contributed by atoms with E-state index in [0.29, 0.717) is 0 Å². The van der Waals surface area contributed by atoms with Gasteiger partial charge >= 0.3 is 5.97 Å². The molecule has 118 valence electrons. The summed E-state index contributed by atoms with van der Waals surface area (Å²) >= 11 is 0. The van der Waals surface area contributed by atoms with E-state index in [1.54, 1.807) is 10.9 Å². The van der Waals surface area contributed by atoms with E-state index in [1.165, 1.54) is 0 Å². The van der Waals surface area contributed by atoms with Crippen LogP contribution in [0.2, 0.25) is 0 Å². The van der Waals surface area contributed by atoms with Crippen molar-refractivity contribution in [2.75, 3.05) is 0 Å². The Kier molecular flexibility index (Phi) is 3.27. The van der Waals surface area contributed by atoms with Crippen molar-refractivity contribution < 1.29 is 9.90 Å². The first-order valence-electron chi connectivity index (χ1n) is 7.66. The molecule has 4 rings (SSSR count). The maximum Gasteiger partial charge on any atom is 0.325 e. The zero-order chi connectivity index (χ0) is 16.7. The van der Waals surface area contributed by atoms with E-state index in [4.69, 9.17) is 5.11 Å². The Labute approximate surface area is 138 Å². The van der Waals surface area contributed by atoms with E-state index >= 15 is 0 Å². The molecule has 2 aromatic heterocycles. The molecule has 0 atom stereocenters. The Morgan fingerprint density at radius 1 is 1.12 bits per heavy atom. The van der Waals surface area contributed by atoms with Crippen molar-refractivity contribution in [2.24, 2.45) is 0 Å². The van der Waals surface area contributed by atoms with E-state index in [9.17, 15) is 4.79 Å². The zero-order valence-corrected chi connectivity index (χ0v) is 13.1. The zero-order valence-electron chi connectivity index (χ0n) is 13.1. The van der Waals surface area contributed by atoms with Gasteiger partial charge in [0.05, 0.1) is 11.0 Å². The van der Waals surface area contributed by atoms with Crippen molar-refractivity contribution in [3.63, 3.8) is 0 Å². The predicted molar refractivity (Wildman–Crippen MR) is 92.8 cm³/mol. The highest BCUT2D eigenvalue weighted by Crippen LogP contribution is 2.32. The number of fused-ring (bicyclic) bond motifs is 2. The second-order valence-electron chi connectivity index (χ2n) is 5.80. The summed E-state index contributed by atoms with van der Waals surface area (Å²) in [5.41, 5.74) is 4.56. The lowest BCUT2D eigenvalue weighted by Gasteiger charge is -2.04. The summed E-state index contributed by atoms with van der Waals surface area (Å²) in [5, 5.41) is 15.7. The molecule has 0 unspecified atom stereocenters. The Morgan fingerprint density at radius 3 is 2.79 bits per heavy atom. The second kappa shape index (κ2) is 5.45. The summed E-state index contributed by atoms with van der Waals surface area (Å²) in [6.07, 6.45) is 1.76. The summed E-state index contributed by atoms with van der Waals surface area (Å²) in [4.78, 5) is 15.6. The minimum absolute atomic E-state index is 0.164. The maximum absolute atomic E-state index is 11.2. The molecule has 2 aromatic carbocycles. The fourth-order valence-electron chi connectivity index (χ4n) is 3.04. The number of hydrogen-bond acceptors (Lipinski definition) is 3. The minimum atomic E-state index is -0.911. The van der Waals surface area contributed by atoms with Crippen molar-refractivity contribution in [1.82, 2.24) is 14.8 Å². The normalized spacial score (nSPS) is 11.2. The molecule has 0 amide bonds. The highest BCUT2D eigenvalue weighted by atomic mass is 16.4. The molecule has 24 heavy (non-hydrogen) atoms. The standard InChI is InChI=1S/C19H15N3O2/c1-12-6-7-17-15(10-12)19(21-22(17)11-18(23)24)14-8-9-20-16-5-3-2-4-13(14)16/h2-10H,11H2,1H3,(H,23,24). The SMILES string of the molecule is Cc1ccc2c(c1)c(-c1ccnc3ccccc13)nn2CC(=O)O. The first-order valence-corrected chi connectivity index (χ1v) is 7.66. The number of aliphatic carboxylic acids is 1. The predicted octanol–water partition coefficient (Wildman–Crippen LogP) is 3.64. The van der Waals surface area contributed by atoms with Crippen LogP contribution in [0.3, 0.4) is 0 Å². The fraction of sp³-hybridized carbons (Fsp3) is 0.105. The molecule has 0 saturated carbocycles. The van der Waals surface area contributed by atoms with Crippen LogP contribution in [-0.4, -0.2) is 25.8 Å². The van der Waals surface area contributed by atoms with Gasteiger partial charge in [-0.2, -0.15) is 5.10 Å². The molecule has 1 N–H and O–H groups in total. The summed E-state index contributed by atoms with van der Waals surface area (Å²) in [7, 11) is 0. The van der Waals surface area contributed by atoms with Gasteiger partial charge in [0.1, 0.15) is 12.2 Å². The molecule has 5 heteroatoms. The summed E-state index contributed by atoms with van der Waals surface area (Å²) < 4.78 is 1.54. The highest BCUT2D eigenvalue weighted by Gasteiger charge is 2.16. The van der Waals surface area contributed by atoms with Crippen LogP contribution < -0.4 is 0 Å². The van der Waals surface area contributed by atoms with Gasteiger partial charge in [0, 0.05) is 22.5 Å². The first-order chi connectivity index (χ1) is 11.6. The average Bonchev–Trinajstić information content (AvgIpc) is 2.91. The van der Waals surface area contributed by atoms with Gasteiger partial charge in [0.2, 0.25) is 0 Å². The average molecular weight is 317 g/mol. The molecule has 4 aromatic rings. The van der Waals surface area contributed by atoms with Crippen LogP contribution in [0.15, 0.2) is 54.7 Å². The van der Waals surface area contributed by atoms with Crippen molar-refractivity contribution in [3.8, 4) is 11.3 Å². The Hall–Kier alpha value is -3.21. The van der Waals surface area contributed by atoms with Gasteiger partial charge in [-0.15, -0.1) is 0 Å². The van der Waals surface area contributed by atoms with Crippen LogP contribution in [0.25, 0.3) is 33.1 Å².